The van der Waals surface area contributed by atoms with Gasteiger partial charge in [-0.1, -0.05) is 0 Å². The fourth-order valence-electron chi connectivity index (χ4n) is 1.44. The van der Waals surface area contributed by atoms with E-state index in [-0.39, 0.29) is 11.8 Å². The predicted molar refractivity (Wildman–Crippen MR) is 71.4 cm³/mol. The van der Waals surface area contributed by atoms with Gasteiger partial charge in [0, 0.05) is 32.6 Å². The molecule has 0 radical (unpaired) electrons. The fraction of sp³-hybridized carbons (Fsp3) is 0.333. The van der Waals surface area contributed by atoms with Gasteiger partial charge in [-0.15, -0.1) is 0 Å². The SMILES string of the molecule is CNC(=O)CCNc1ccc(C(=O)NC)cc1N. The number of benzene rings is 1. The van der Waals surface area contributed by atoms with Crippen LogP contribution in [0.5, 0.6) is 0 Å². The number of hydrogen-bond acceptors (Lipinski definition) is 4. The maximum Gasteiger partial charge on any atom is 0.251 e. The van der Waals surface area contributed by atoms with Crippen molar-refractivity contribution < 1.29 is 9.59 Å². The summed E-state index contributed by atoms with van der Waals surface area (Å²) < 4.78 is 0. The molecule has 1 rings (SSSR count). The molecule has 0 aliphatic carbocycles. The molecule has 5 N–H and O–H groups in total. The smallest absolute Gasteiger partial charge is 0.251 e. The average Bonchev–Trinajstić information content (AvgIpc) is 2.39. The van der Waals surface area contributed by atoms with Crippen LogP contribution in [0, 0.1) is 0 Å². The van der Waals surface area contributed by atoms with E-state index in [0.29, 0.717) is 29.9 Å². The molecule has 0 heterocycles. The van der Waals surface area contributed by atoms with E-state index in [9.17, 15) is 9.59 Å². The standard InChI is InChI=1S/C12H18N4O2/c1-14-11(17)5-6-16-10-4-3-8(7-9(10)13)12(18)15-2/h3-4,7,16H,5-6,13H2,1-2H3,(H,14,17)(H,15,18). The molecule has 2 amide bonds. The second-order valence-electron chi connectivity index (χ2n) is 3.73. The van der Waals surface area contributed by atoms with Gasteiger partial charge in [-0.05, 0) is 18.2 Å². The Kier molecular flexibility index (Phi) is 4.98. The summed E-state index contributed by atoms with van der Waals surface area (Å²) in [4.78, 5) is 22.4. The van der Waals surface area contributed by atoms with E-state index >= 15 is 0 Å². The Bertz CT molecular complexity index is 446. The van der Waals surface area contributed by atoms with E-state index in [1.165, 1.54) is 0 Å². The summed E-state index contributed by atoms with van der Waals surface area (Å²) in [6.45, 7) is 0.489. The van der Waals surface area contributed by atoms with Crippen molar-refractivity contribution in [1.82, 2.24) is 10.6 Å². The van der Waals surface area contributed by atoms with E-state index in [4.69, 9.17) is 5.73 Å². The van der Waals surface area contributed by atoms with Crippen LogP contribution >= 0.6 is 0 Å². The van der Waals surface area contributed by atoms with E-state index in [1.54, 1.807) is 32.3 Å². The molecule has 1 aromatic rings. The normalized spacial score (nSPS) is 9.67. The van der Waals surface area contributed by atoms with Crippen LogP contribution in [0.4, 0.5) is 11.4 Å². The van der Waals surface area contributed by atoms with Crippen LogP contribution in [0.15, 0.2) is 18.2 Å². The van der Waals surface area contributed by atoms with Crippen LogP contribution < -0.4 is 21.7 Å². The van der Waals surface area contributed by atoms with E-state index in [0.717, 1.165) is 0 Å². The monoisotopic (exact) mass is 250 g/mol. The topological polar surface area (TPSA) is 96.2 Å². The molecule has 0 saturated heterocycles. The molecule has 18 heavy (non-hydrogen) atoms. The van der Waals surface area contributed by atoms with Gasteiger partial charge in [0.1, 0.15) is 0 Å². The highest BCUT2D eigenvalue weighted by molar-refractivity contribution is 5.95. The summed E-state index contributed by atoms with van der Waals surface area (Å²) in [5.74, 6) is -0.221. The van der Waals surface area contributed by atoms with Crippen molar-refractivity contribution in [1.29, 1.82) is 0 Å². The third-order valence-electron chi connectivity index (χ3n) is 2.49. The highest BCUT2D eigenvalue weighted by Gasteiger charge is 2.06. The van der Waals surface area contributed by atoms with Crippen LogP contribution in [0.25, 0.3) is 0 Å². The number of carbonyl (C=O) groups excluding carboxylic acids is 2. The lowest BCUT2D eigenvalue weighted by Gasteiger charge is -2.10. The first-order chi connectivity index (χ1) is 8.58. The summed E-state index contributed by atoms with van der Waals surface area (Å²) in [5, 5.41) is 8.10. The number of carbonyl (C=O) groups is 2. The molecule has 6 nitrogen and oxygen atoms in total. The van der Waals surface area contributed by atoms with Gasteiger partial charge >= 0.3 is 0 Å². The molecule has 0 atom stereocenters. The number of hydrogen-bond donors (Lipinski definition) is 4. The highest BCUT2D eigenvalue weighted by atomic mass is 16.2. The van der Waals surface area contributed by atoms with Crippen molar-refractivity contribution >= 4 is 23.2 Å². The van der Waals surface area contributed by atoms with Gasteiger partial charge in [0.05, 0.1) is 11.4 Å². The van der Waals surface area contributed by atoms with Gasteiger partial charge in [-0.25, -0.2) is 0 Å². The van der Waals surface area contributed by atoms with Crippen LogP contribution in [-0.4, -0.2) is 32.5 Å². The van der Waals surface area contributed by atoms with Crippen molar-refractivity contribution in [3.05, 3.63) is 23.8 Å². The summed E-state index contributed by atoms with van der Waals surface area (Å²) in [5.41, 5.74) is 7.52. The highest BCUT2D eigenvalue weighted by Crippen LogP contribution is 2.19. The van der Waals surface area contributed by atoms with Crippen LogP contribution in [-0.2, 0) is 4.79 Å². The van der Waals surface area contributed by atoms with Crippen molar-refractivity contribution in [2.45, 2.75) is 6.42 Å². The molecule has 98 valence electrons. The number of amides is 2. The molecule has 0 aromatic heterocycles. The summed E-state index contributed by atoms with van der Waals surface area (Å²) >= 11 is 0. The van der Waals surface area contributed by atoms with Crippen LogP contribution in [0.3, 0.4) is 0 Å². The Labute approximate surface area is 106 Å². The Morgan fingerprint density at radius 1 is 1.22 bits per heavy atom. The first-order valence-electron chi connectivity index (χ1n) is 5.64. The van der Waals surface area contributed by atoms with Crippen LogP contribution in [0.1, 0.15) is 16.8 Å². The average molecular weight is 250 g/mol. The largest absolute Gasteiger partial charge is 0.397 e. The lowest BCUT2D eigenvalue weighted by molar-refractivity contribution is -0.120. The zero-order chi connectivity index (χ0) is 13.5. The van der Waals surface area contributed by atoms with Gasteiger partial charge in [-0.3, -0.25) is 9.59 Å². The third kappa shape index (κ3) is 3.65. The molecule has 0 aliphatic rings. The van der Waals surface area contributed by atoms with Crippen molar-refractivity contribution in [2.24, 2.45) is 0 Å². The number of nitrogens with one attached hydrogen (secondary N) is 3. The summed E-state index contributed by atoms with van der Waals surface area (Å²) in [6, 6.07) is 5.00. The lowest BCUT2D eigenvalue weighted by Crippen LogP contribution is -2.21. The molecule has 0 aliphatic heterocycles. The minimum absolute atomic E-state index is 0.0388. The number of anilines is 2. The Balaban J connectivity index is 2.63. The second kappa shape index (κ2) is 6.48. The molecule has 0 saturated carbocycles. The van der Waals surface area contributed by atoms with E-state index in [2.05, 4.69) is 16.0 Å². The molecular weight excluding hydrogens is 232 g/mol. The fourth-order valence-corrected chi connectivity index (χ4v) is 1.44. The van der Waals surface area contributed by atoms with Crippen molar-refractivity contribution in [3.8, 4) is 0 Å². The minimum Gasteiger partial charge on any atom is -0.397 e. The second-order valence-corrected chi connectivity index (χ2v) is 3.73. The van der Waals surface area contributed by atoms with Gasteiger partial charge in [0.15, 0.2) is 0 Å². The first-order valence-corrected chi connectivity index (χ1v) is 5.64. The Hall–Kier alpha value is -2.24. The molecular formula is C12H18N4O2. The molecule has 0 fully saturated rings. The van der Waals surface area contributed by atoms with E-state index < -0.39 is 0 Å². The molecule has 6 heteroatoms. The van der Waals surface area contributed by atoms with Gasteiger partial charge in [0.2, 0.25) is 5.91 Å². The molecule has 1 aromatic carbocycles. The third-order valence-corrected chi connectivity index (χ3v) is 2.49. The summed E-state index contributed by atoms with van der Waals surface area (Å²) in [6.07, 6.45) is 0.368. The van der Waals surface area contributed by atoms with Crippen molar-refractivity contribution in [2.75, 3.05) is 31.7 Å². The zero-order valence-corrected chi connectivity index (χ0v) is 10.5. The Morgan fingerprint density at radius 3 is 2.50 bits per heavy atom. The van der Waals surface area contributed by atoms with Gasteiger partial charge < -0.3 is 21.7 Å². The number of nitrogens with two attached hydrogens (primary N) is 1. The Morgan fingerprint density at radius 2 is 1.94 bits per heavy atom. The predicted octanol–water partition coefficient (Wildman–Crippen LogP) is 0.176. The zero-order valence-electron chi connectivity index (χ0n) is 10.5. The maximum absolute atomic E-state index is 11.4. The minimum atomic E-state index is -0.182. The van der Waals surface area contributed by atoms with E-state index in [1.807, 2.05) is 0 Å². The van der Waals surface area contributed by atoms with Crippen LogP contribution in [0.2, 0.25) is 0 Å². The number of rotatable bonds is 5. The maximum atomic E-state index is 11.4. The first kappa shape index (κ1) is 13.8. The molecule has 0 unspecified atom stereocenters. The quantitative estimate of drug-likeness (QED) is 0.560. The number of nitrogen functional groups attached to an aromatic ring is 1. The summed E-state index contributed by atoms with van der Waals surface area (Å²) in [7, 11) is 3.16. The molecule has 0 spiro atoms. The van der Waals surface area contributed by atoms with Gasteiger partial charge in [-0.2, -0.15) is 0 Å². The van der Waals surface area contributed by atoms with Gasteiger partial charge in [0.25, 0.3) is 5.91 Å². The molecule has 0 bridgehead atoms. The lowest BCUT2D eigenvalue weighted by atomic mass is 10.1. The van der Waals surface area contributed by atoms with Crippen molar-refractivity contribution in [3.63, 3.8) is 0 Å².